The van der Waals surface area contributed by atoms with Crippen LogP contribution in [0.25, 0.3) is 22.2 Å². The third-order valence-corrected chi connectivity index (χ3v) is 11.7. The third kappa shape index (κ3) is 10.3. The second-order valence-electron chi connectivity index (χ2n) is 17.9. The van der Waals surface area contributed by atoms with Gasteiger partial charge in [-0.05, 0) is 85.6 Å². The average molecular weight is 948 g/mol. The molecule has 0 spiro atoms. The molecule has 69 heavy (non-hydrogen) atoms. The number of rotatable bonds is 18. The van der Waals surface area contributed by atoms with Crippen LogP contribution < -0.4 is 32.2 Å². The lowest BCUT2D eigenvalue weighted by atomic mass is 10.1. The highest BCUT2D eigenvalue weighted by atomic mass is 16.6. The van der Waals surface area contributed by atoms with Crippen LogP contribution in [0.4, 0.5) is 22.4 Å². The first-order chi connectivity index (χ1) is 32.9. The van der Waals surface area contributed by atoms with Gasteiger partial charge in [-0.2, -0.15) is 10.2 Å². The zero-order valence-electron chi connectivity index (χ0n) is 39.7. The van der Waals surface area contributed by atoms with Crippen LogP contribution in [0.5, 0.6) is 5.75 Å². The van der Waals surface area contributed by atoms with Crippen molar-refractivity contribution in [2.24, 2.45) is 11.5 Å². The molecule has 2 saturated heterocycles. The second-order valence-corrected chi connectivity index (χ2v) is 17.9. The number of hydrogen-bond donors (Lipinski definition) is 5. The van der Waals surface area contributed by atoms with E-state index in [-0.39, 0.29) is 60.1 Å². The highest BCUT2D eigenvalue weighted by Crippen LogP contribution is 2.33. The van der Waals surface area contributed by atoms with E-state index >= 15 is 0 Å². The minimum atomic E-state index is -0.810. The number of ether oxygens (including phenoxy) is 3. The van der Waals surface area contributed by atoms with Crippen molar-refractivity contribution in [3.8, 4) is 5.75 Å². The van der Waals surface area contributed by atoms with Crippen LogP contribution in [0.1, 0.15) is 101 Å². The summed E-state index contributed by atoms with van der Waals surface area (Å²) in [7, 11) is 0. The first kappa shape index (κ1) is 47.8. The van der Waals surface area contributed by atoms with Gasteiger partial charge in [0, 0.05) is 57.1 Å². The van der Waals surface area contributed by atoms with Gasteiger partial charge in [0.15, 0.2) is 11.3 Å². The van der Waals surface area contributed by atoms with Crippen LogP contribution in [0.2, 0.25) is 0 Å². The van der Waals surface area contributed by atoms with Crippen molar-refractivity contribution in [1.29, 1.82) is 0 Å². The predicted octanol–water partition coefficient (Wildman–Crippen LogP) is 4.38. The smallest absolute Gasteiger partial charge is 0.412 e. The Bertz CT molecular complexity index is 3010. The van der Waals surface area contributed by atoms with Crippen LogP contribution in [-0.4, -0.2) is 122 Å². The minimum Gasteiger partial charge on any atom is -0.491 e. The Hall–Kier alpha value is -7.66. The number of allylic oxidation sites excluding steroid dienone is 2. The molecule has 0 saturated carbocycles. The molecule has 23 heteroatoms. The lowest BCUT2D eigenvalue weighted by Crippen LogP contribution is -2.37. The van der Waals surface area contributed by atoms with E-state index in [1.807, 2.05) is 26.0 Å². The molecule has 23 nitrogen and oxygen atoms in total. The Balaban J connectivity index is 1.14. The van der Waals surface area contributed by atoms with Crippen LogP contribution in [0.3, 0.4) is 0 Å². The van der Waals surface area contributed by atoms with Gasteiger partial charge in [-0.15, -0.1) is 0 Å². The second kappa shape index (κ2) is 19.5. The summed E-state index contributed by atoms with van der Waals surface area (Å²) in [6.07, 6.45) is 6.16. The van der Waals surface area contributed by atoms with Crippen molar-refractivity contribution >= 4 is 69.5 Å². The molecule has 7 N–H and O–H groups in total. The van der Waals surface area contributed by atoms with Gasteiger partial charge < -0.3 is 30.2 Å². The lowest BCUT2D eigenvalue weighted by Gasteiger charge is -2.26. The van der Waals surface area contributed by atoms with Crippen LogP contribution in [0, 0.1) is 13.8 Å². The van der Waals surface area contributed by atoms with Crippen molar-refractivity contribution in [2.75, 3.05) is 42.3 Å². The van der Waals surface area contributed by atoms with Gasteiger partial charge >= 0.3 is 6.09 Å². The number of nitrogens with one attached hydrogen (secondary N) is 3. The van der Waals surface area contributed by atoms with Gasteiger partial charge in [-0.25, -0.2) is 19.7 Å². The summed E-state index contributed by atoms with van der Waals surface area (Å²) in [6.45, 7) is 16.0. The molecule has 0 unspecified atom stereocenters. The Morgan fingerprint density at radius 2 is 1.54 bits per heavy atom. The van der Waals surface area contributed by atoms with Crippen molar-refractivity contribution in [3.05, 3.63) is 76.5 Å². The number of aryl methyl sites for hydroxylation is 4. The van der Waals surface area contributed by atoms with Crippen molar-refractivity contribution in [3.63, 3.8) is 0 Å². The van der Waals surface area contributed by atoms with Gasteiger partial charge in [-0.1, -0.05) is 12.2 Å². The lowest BCUT2D eigenvalue weighted by molar-refractivity contribution is 0.0289. The maximum absolute atomic E-state index is 14.5. The Kier molecular flexibility index (Phi) is 13.5. The quantitative estimate of drug-likeness (QED) is 0.0591. The topological polar surface area (TPSA) is 289 Å². The van der Waals surface area contributed by atoms with Crippen LogP contribution in [-0.2, 0) is 35.7 Å². The van der Waals surface area contributed by atoms with Crippen LogP contribution in [0.15, 0.2) is 42.6 Å². The zero-order valence-corrected chi connectivity index (χ0v) is 39.7. The standard InChI is InChI=1S/C46H57N15O8/c1-8-60-33(17-25(3)55-60)41(64)53-44-51-32-19-28(39(48)63)22-49-40(32)59(44)15-11-10-14-58-36-31(18-27(38(47)62)20-34(36)67-16-12-13-57-23-30-21-29(57)24-68-30)50-43(58)54-42(65)37-35(26(4)56-61(37)9-2)52-45(66)69-46(5,6)7/h10-11,17-20,22,29-30H,8-9,12-16,21,23-24H2,1-7H3,(H2,47,62)(H2,48,63)(H,52,66)(H,50,54,65)(H,51,53,64)/b11-10+/t29-,30-/m0/s1. The number of likely N-dealkylation sites (tertiary alicyclic amines) is 1. The molecule has 0 aliphatic carbocycles. The van der Waals surface area contributed by atoms with Gasteiger partial charge in [-0.3, -0.25) is 54.0 Å². The number of imidazole rings is 2. The molecule has 2 fully saturated rings. The Labute approximate surface area is 396 Å². The first-order valence-electron chi connectivity index (χ1n) is 22.8. The van der Waals surface area contributed by atoms with Gasteiger partial charge in [0.05, 0.1) is 47.5 Å². The number of nitrogens with two attached hydrogens (primary N) is 2. The summed E-state index contributed by atoms with van der Waals surface area (Å²) >= 11 is 0. The fourth-order valence-electron chi connectivity index (χ4n) is 8.62. The number of benzene rings is 1. The summed E-state index contributed by atoms with van der Waals surface area (Å²) in [5.41, 5.74) is 13.9. The maximum Gasteiger partial charge on any atom is 0.412 e. The van der Waals surface area contributed by atoms with Crippen molar-refractivity contribution in [2.45, 2.75) is 105 Å². The molecular weight excluding hydrogens is 891 g/mol. The third-order valence-electron chi connectivity index (χ3n) is 11.7. The molecule has 8 rings (SSSR count). The van der Waals surface area contributed by atoms with Gasteiger partial charge in [0.2, 0.25) is 23.7 Å². The average Bonchev–Trinajstić information content (AvgIpc) is 4.16. The molecule has 7 heterocycles. The van der Waals surface area contributed by atoms with Crippen LogP contribution >= 0.6 is 0 Å². The molecule has 2 aliphatic heterocycles. The van der Waals surface area contributed by atoms with E-state index in [2.05, 4.69) is 41.0 Å². The number of carbonyl (C=O) groups excluding carboxylic acids is 5. The van der Waals surface area contributed by atoms with E-state index in [9.17, 15) is 24.0 Å². The summed E-state index contributed by atoms with van der Waals surface area (Å²) in [5, 5.41) is 17.4. The van der Waals surface area contributed by atoms with E-state index in [1.54, 1.807) is 60.6 Å². The zero-order chi connectivity index (χ0) is 49.3. The summed E-state index contributed by atoms with van der Waals surface area (Å²) in [6, 6.07) is 6.65. The molecule has 6 aromatic rings. The van der Waals surface area contributed by atoms with E-state index in [4.69, 9.17) is 30.7 Å². The molecule has 364 valence electrons. The Morgan fingerprint density at radius 3 is 2.20 bits per heavy atom. The number of morpholine rings is 1. The Morgan fingerprint density at radius 1 is 0.855 bits per heavy atom. The monoisotopic (exact) mass is 947 g/mol. The van der Waals surface area contributed by atoms with Gasteiger partial charge in [0.25, 0.3) is 11.8 Å². The minimum absolute atomic E-state index is 0.0519. The molecule has 2 bridgehead atoms. The molecule has 1 aromatic carbocycles. The number of aromatic nitrogens is 9. The number of anilines is 3. The number of nitrogens with zero attached hydrogens (tertiary/aromatic N) is 10. The summed E-state index contributed by atoms with van der Waals surface area (Å²) in [4.78, 5) is 82.2. The molecule has 5 amide bonds. The summed E-state index contributed by atoms with van der Waals surface area (Å²) in [5.74, 6) is -1.93. The number of hydrogen-bond acceptors (Lipinski definition) is 14. The largest absolute Gasteiger partial charge is 0.491 e. The van der Waals surface area contributed by atoms with E-state index in [0.29, 0.717) is 70.6 Å². The normalized spacial score (nSPS) is 15.9. The van der Waals surface area contributed by atoms with E-state index in [0.717, 1.165) is 26.1 Å². The molecule has 2 atom stereocenters. The fourth-order valence-corrected chi connectivity index (χ4v) is 8.62. The van der Waals surface area contributed by atoms with E-state index < -0.39 is 35.3 Å². The number of carbonyl (C=O) groups is 5. The fraction of sp³-hybridized carbons (Fsp3) is 0.435. The first-order valence-corrected chi connectivity index (χ1v) is 22.8. The highest BCUT2D eigenvalue weighted by Gasteiger charge is 2.38. The van der Waals surface area contributed by atoms with Crippen molar-refractivity contribution in [1.82, 2.24) is 48.5 Å². The maximum atomic E-state index is 14.5. The van der Waals surface area contributed by atoms with Crippen molar-refractivity contribution < 1.29 is 38.2 Å². The van der Waals surface area contributed by atoms with Gasteiger partial charge in [0.1, 0.15) is 28.1 Å². The number of fused-ring (bicyclic) bond motifs is 4. The summed E-state index contributed by atoms with van der Waals surface area (Å²) < 4.78 is 24.2. The highest BCUT2D eigenvalue weighted by molar-refractivity contribution is 6.09. The number of amides is 5. The molecule has 5 aromatic heterocycles. The SMILES string of the molecule is CCn1nc(C)cc1C(=O)Nc1nc2cc(C(N)=O)cnc2n1C/C=C/Cn1c(NC(=O)c2c(NC(=O)OC(C)(C)C)c(C)nn2CC)nc2cc(C(N)=O)cc(OCCCN3C[C@@H]4C[C@H]3CO4)c21. The number of pyridine rings is 1. The predicted molar refractivity (Wildman–Crippen MR) is 254 cm³/mol. The molecular formula is C46H57N15O8. The molecule has 2 aliphatic rings. The molecule has 0 radical (unpaired) electrons. The van der Waals surface area contributed by atoms with E-state index in [1.165, 1.54) is 23.0 Å². The number of primary amides is 2.